The van der Waals surface area contributed by atoms with E-state index in [9.17, 15) is 18.0 Å². The number of likely N-dealkylation sites (tertiary alicyclic amines) is 1. The predicted molar refractivity (Wildman–Crippen MR) is 90.4 cm³/mol. The number of nitrogens with zero attached hydrogens (tertiary/aromatic N) is 3. The fourth-order valence-electron chi connectivity index (χ4n) is 2.96. The molecule has 2 heterocycles. The highest BCUT2D eigenvalue weighted by atomic mass is 19.4. The van der Waals surface area contributed by atoms with Crippen LogP contribution in [0.2, 0.25) is 0 Å². The van der Waals surface area contributed by atoms with Crippen LogP contribution in [0.25, 0.3) is 0 Å². The molecule has 5 nitrogen and oxygen atoms in total. The maximum atomic E-state index is 12.7. The Kier molecular flexibility index (Phi) is 5.39. The summed E-state index contributed by atoms with van der Waals surface area (Å²) in [6.45, 7) is 1.19. The van der Waals surface area contributed by atoms with Gasteiger partial charge in [-0.15, -0.1) is 0 Å². The van der Waals surface area contributed by atoms with E-state index in [1.54, 1.807) is 4.90 Å². The Hall–Kier alpha value is -2.64. The molecule has 1 amide bonds. The van der Waals surface area contributed by atoms with Gasteiger partial charge >= 0.3 is 6.18 Å². The smallest absolute Gasteiger partial charge is 0.342 e. The first-order valence-corrected chi connectivity index (χ1v) is 8.43. The number of aryl methyl sites for hydroxylation is 1. The van der Waals surface area contributed by atoms with E-state index < -0.39 is 17.9 Å². The zero-order valence-corrected chi connectivity index (χ0v) is 14.0. The molecule has 8 heteroatoms. The van der Waals surface area contributed by atoms with E-state index in [0.717, 1.165) is 25.1 Å². The maximum absolute atomic E-state index is 12.7. The average Bonchev–Trinajstić information content (AvgIpc) is 2.96. The Morgan fingerprint density at radius 3 is 2.69 bits per heavy atom. The minimum Gasteiger partial charge on any atom is -0.342 e. The maximum Gasteiger partial charge on any atom is 0.433 e. The molecule has 1 unspecified atom stereocenters. The molecule has 0 spiro atoms. The van der Waals surface area contributed by atoms with E-state index in [4.69, 9.17) is 0 Å². The molecule has 2 aromatic rings. The second kappa shape index (κ2) is 7.72. The van der Waals surface area contributed by atoms with Crippen molar-refractivity contribution in [3.63, 3.8) is 0 Å². The van der Waals surface area contributed by atoms with Gasteiger partial charge in [-0.05, 0) is 30.9 Å². The number of halogens is 3. The summed E-state index contributed by atoms with van der Waals surface area (Å²) >= 11 is 0. The van der Waals surface area contributed by atoms with Gasteiger partial charge in [0.1, 0.15) is 11.7 Å². The summed E-state index contributed by atoms with van der Waals surface area (Å²) in [6, 6.07) is 10.2. The molecule has 1 aliphatic rings. The van der Waals surface area contributed by atoms with Crippen molar-refractivity contribution in [2.24, 2.45) is 0 Å². The third-order valence-corrected chi connectivity index (χ3v) is 4.28. The summed E-state index contributed by atoms with van der Waals surface area (Å²) in [5.74, 6) is -0.302. The molecule has 3 rings (SSSR count). The van der Waals surface area contributed by atoms with Crippen LogP contribution in [0.4, 0.5) is 19.1 Å². The van der Waals surface area contributed by atoms with Crippen molar-refractivity contribution in [1.29, 1.82) is 0 Å². The highest BCUT2D eigenvalue weighted by Gasteiger charge is 2.34. The Labute approximate surface area is 149 Å². The third-order valence-electron chi connectivity index (χ3n) is 4.28. The topological polar surface area (TPSA) is 58.1 Å². The van der Waals surface area contributed by atoms with Crippen molar-refractivity contribution in [2.45, 2.75) is 31.5 Å². The van der Waals surface area contributed by atoms with E-state index >= 15 is 0 Å². The fraction of sp³-hybridized carbons (Fsp3) is 0.389. The predicted octanol–water partition coefficient (Wildman–Crippen LogP) is 3.14. The van der Waals surface area contributed by atoms with Crippen LogP contribution in [0.3, 0.4) is 0 Å². The highest BCUT2D eigenvalue weighted by molar-refractivity contribution is 5.86. The van der Waals surface area contributed by atoms with Gasteiger partial charge in [-0.3, -0.25) is 4.79 Å². The second-order valence-corrected chi connectivity index (χ2v) is 6.16. The monoisotopic (exact) mass is 364 g/mol. The van der Waals surface area contributed by atoms with Crippen LogP contribution in [-0.2, 0) is 17.4 Å². The molecule has 0 bridgehead atoms. The normalized spacial score (nSPS) is 17.6. The van der Waals surface area contributed by atoms with Crippen molar-refractivity contribution < 1.29 is 18.0 Å². The molecule has 0 aliphatic carbocycles. The van der Waals surface area contributed by atoms with Crippen LogP contribution in [-0.4, -0.2) is 39.9 Å². The Morgan fingerprint density at radius 1 is 1.19 bits per heavy atom. The lowest BCUT2D eigenvalue weighted by molar-refractivity contribution is -0.141. The molecule has 0 saturated carbocycles. The zero-order chi connectivity index (χ0) is 18.6. The summed E-state index contributed by atoms with van der Waals surface area (Å²) in [5.41, 5.74) is 0.186. The molecular weight excluding hydrogens is 345 g/mol. The third kappa shape index (κ3) is 4.50. The van der Waals surface area contributed by atoms with Gasteiger partial charge in [-0.1, -0.05) is 30.3 Å². The quantitative estimate of drug-likeness (QED) is 0.856. The van der Waals surface area contributed by atoms with E-state index in [-0.39, 0.29) is 11.9 Å². The number of anilines is 1. The number of hydrogen-bond donors (Lipinski definition) is 1. The molecule has 1 aromatic heterocycles. The molecule has 0 radical (unpaired) electrons. The van der Waals surface area contributed by atoms with Crippen LogP contribution in [0.1, 0.15) is 24.1 Å². The minimum atomic E-state index is -4.54. The number of alkyl halides is 3. The van der Waals surface area contributed by atoms with E-state index in [1.807, 2.05) is 30.3 Å². The molecule has 1 atom stereocenters. The summed E-state index contributed by atoms with van der Waals surface area (Å²) < 4.78 is 38.1. The van der Waals surface area contributed by atoms with Gasteiger partial charge in [0.25, 0.3) is 0 Å². The van der Waals surface area contributed by atoms with Gasteiger partial charge < -0.3 is 10.2 Å². The summed E-state index contributed by atoms with van der Waals surface area (Å²) in [6.07, 6.45) is -1.27. The van der Waals surface area contributed by atoms with Crippen molar-refractivity contribution in [2.75, 3.05) is 18.4 Å². The first-order valence-electron chi connectivity index (χ1n) is 8.43. The molecule has 1 N–H and O–H groups in total. The Bertz CT molecular complexity index is 752. The molecule has 1 aromatic carbocycles. The number of amides is 1. The molecule has 1 fully saturated rings. The summed E-state index contributed by atoms with van der Waals surface area (Å²) in [7, 11) is 0. The van der Waals surface area contributed by atoms with E-state index in [1.165, 1.54) is 5.56 Å². The highest BCUT2D eigenvalue weighted by Crippen LogP contribution is 2.28. The number of benzene rings is 1. The lowest BCUT2D eigenvalue weighted by Gasteiger charge is -2.17. The number of carbonyl (C=O) groups is 1. The standard InChI is InChI=1S/C18H19F3N4O/c19-18(20,21)15-8-10-22-17(24-15)23-14-9-12-25(16(14)26)11-4-7-13-5-2-1-3-6-13/h1-3,5-6,8,10,14H,4,7,9,11-12H2,(H,22,23,24). The van der Waals surface area contributed by atoms with Gasteiger partial charge in [-0.2, -0.15) is 13.2 Å². The summed E-state index contributed by atoms with van der Waals surface area (Å²) in [4.78, 5) is 21.4. The second-order valence-electron chi connectivity index (χ2n) is 6.16. The number of nitrogens with one attached hydrogen (secondary N) is 1. The zero-order valence-electron chi connectivity index (χ0n) is 14.0. The van der Waals surface area contributed by atoms with Crippen LogP contribution in [0, 0.1) is 0 Å². The van der Waals surface area contributed by atoms with Crippen molar-refractivity contribution in [3.05, 3.63) is 53.9 Å². The van der Waals surface area contributed by atoms with E-state index in [2.05, 4.69) is 15.3 Å². The van der Waals surface area contributed by atoms with Gasteiger partial charge in [0.05, 0.1) is 0 Å². The fourth-order valence-corrected chi connectivity index (χ4v) is 2.96. The molecular formula is C18H19F3N4O. The van der Waals surface area contributed by atoms with Gasteiger partial charge in [0.2, 0.25) is 11.9 Å². The average molecular weight is 364 g/mol. The largest absolute Gasteiger partial charge is 0.433 e. The van der Waals surface area contributed by atoms with Crippen LogP contribution in [0.15, 0.2) is 42.6 Å². The molecule has 138 valence electrons. The summed E-state index contributed by atoms with van der Waals surface area (Å²) in [5, 5.41) is 2.73. The van der Waals surface area contributed by atoms with Crippen molar-refractivity contribution >= 4 is 11.9 Å². The van der Waals surface area contributed by atoms with Crippen LogP contribution in [0.5, 0.6) is 0 Å². The van der Waals surface area contributed by atoms with Crippen LogP contribution >= 0.6 is 0 Å². The number of hydrogen-bond acceptors (Lipinski definition) is 4. The Balaban J connectivity index is 1.53. The Morgan fingerprint density at radius 2 is 1.96 bits per heavy atom. The SMILES string of the molecule is O=C1C(Nc2nccc(C(F)(F)F)n2)CCN1CCCc1ccccc1. The lowest BCUT2D eigenvalue weighted by Crippen LogP contribution is -2.34. The van der Waals surface area contributed by atoms with Crippen molar-refractivity contribution in [3.8, 4) is 0 Å². The number of aromatic nitrogens is 2. The van der Waals surface area contributed by atoms with Gasteiger partial charge in [0, 0.05) is 19.3 Å². The van der Waals surface area contributed by atoms with Crippen molar-refractivity contribution in [1.82, 2.24) is 14.9 Å². The first-order chi connectivity index (χ1) is 12.4. The van der Waals surface area contributed by atoms with Crippen LogP contribution < -0.4 is 5.32 Å². The lowest BCUT2D eigenvalue weighted by atomic mass is 10.1. The number of carbonyl (C=O) groups excluding carboxylic acids is 1. The molecule has 26 heavy (non-hydrogen) atoms. The minimum absolute atomic E-state index is 0.126. The van der Waals surface area contributed by atoms with E-state index in [0.29, 0.717) is 19.5 Å². The molecule has 1 saturated heterocycles. The van der Waals surface area contributed by atoms with Gasteiger partial charge in [-0.25, -0.2) is 9.97 Å². The first kappa shape index (κ1) is 18.2. The molecule has 1 aliphatic heterocycles. The van der Waals surface area contributed by atoms with Gasteiger partial charge in [0.15, 0.2) is 0 Å². The number of rotatable bonds is 6.